The van der Waals surface area contributed by atoms with Crippen LogP contribution < -0.4 is 10.9 Å². The Bertz CT molecular complexity index is 605. The number of rotatable bonds is 6. The second-order valence-electron chi connectivity index (χ2n) is 4.64. The summed E-state index contributed by atoms with van der Waals surface area (Å²) < 4.78 is 1.42. The molecule has 0 spiro atoms. The Morgan fingerprint density at radius 1 is 1.25 bits per heavy atom. The molecule has 0 amide bonds. The van der Waals surface area contributed by atoms with Crippen LogP contribution in [0.15, 0.2) is 41.3 Å². The highest BCUT2D eigenvalue weighted by molar-refractivity contribution is 5.38. The zero-order valence-electron chi connectivity index (χ0n) is 11.5. The molecule has 2 rings (SSSR count). The van der Waals surface area contributed by atoms with Crippen LogP contribution in [0.25, 0.3) is 0 Å². The van der Waals surface area contributed by atoms with E-state index in [9.17, 15) is 4.79 Å². The number of aromatic nitrogens is 2. The number of nitrogens with one attached hydrogen (secondary N) is 1. The third kappa shape index (κ3) is 3.68. The largest absolute Gasteiger partial charge is 0.392 e. The third-order valence-corrected chi connectivity index (χ3v) is 2.99. The molecule has 0 unspecified atom stereocenters. The number of anilines is 1. The van der Waals surface area contributed by atoms with Crippen molar-refractivity contribution < 1.29 is 5.11 Å². The molecule has 5 heteroatoms. The van der Waals surface area contributed by atoms with Gasteiger partial charge in [-0.3, -0.25) is 4.79 Å². The van der Waals surface area contributed by atoms with Gasteiger partial charge >= 0.3 is 0 Å². The maximum absolute atomic E-state index is 12.0. The average Bonchev–Trinajstić information content (AvgIpc) is 2.48. The lowest BCUT2D eigenvalue weighted by atomic mass is 10.1. The lowest BCUT2D eigenvalue weighted by molar-refractivity contribution is 0.282. The first-order valence-corrected chi connectivity index (χ1v) is 6.72. The van der Waals surface area contributed by atoms with E-state index in [4.69, 9.17) is 5.11 Å². The number of hydrogen-bond acceptors (Lipinski definition) is 4. The molecule has 0 radical (unpaired) electrons. The van der Waals surface area contributed by atoms with Crippen molar-refractivity contribution in [3.63, 3.8) is 0 Å². The maximum atomic E-state index is 12.0. The molecule has 5 nitrogen and oxygen atoms in total. The topological polar surface area (TPSA) is 67.2 Å². The molecule has 0 aliphatic rings. The molecule has 1 heterocycles. The quantitative estimate of drug-likeness (QED) is 0.839. The average molecular weight is 273 g/mol. The van der Waals surface area contributed by atoms with E-state index in [-0.39, 0.29) is 12.2 Å². The highest BCUT2D eigenvalue weighted by atomic mass is 16.3. The molecule has 0 atom stereocenters. The first kappa shape index (κ1) is 14.3. The SMILES string of the molecule is CCCNc1cnn(Cc2ccc(CO)cc2)c(=O)c1. The maximum Gasteiger partial charge on any atom is 0.269 e. The van der Waals surface area contributed by atoms with Crippen LogP contribution in [-0.2, 0) is 13.2 Å². The van der Waals surface area contributed by atoms with E-state index in [0.717, 1.165) is 29.8 Å². The van der Waals surface area contributed by atoms with Crippen LogP contribution in [0, 0.1) is 0 Å². The summed E-state index contributed by atoms with van der Waals surface area (Å²) in [5, 5.41) is 16.3. The van der Waals surface area contributed by atoms with E-state index in [1.54, 1.807) is 12.3 Å². The van der Waals surface area contributed by atoms with E-state index >= 15 is 0 Å². The zero-order chi connectivity index (χ0) is 14.4. The molecule has 0 bridgehead atoms. The fourth-order valence-electron chi connectivity index (χ4n) is 1.84. The molecule has 0 aliphatic carbocycles. The summed E-state index contributed by atoms with van der Waals surface area (Å²) in [6.45, 7) is 3.35. The smallest absolute Gasteiger partial charge is 0.269 e. The predicted molar refractivity (Wildman–Crippen MR) is 78.7 cm³/mol. The molecule has 0 fully saturated rings. The van der Waals surface area contributed by atoms with E-state index in [1.807, 2.05) is 24.3 Å². The van der Waals surface area contributed by atoms with Gasteiger partial charge in [0.1, 0.15) is 0 Å². The summed E-state index contributed by atoms with van der Waals surface area (Å²) in [5.74, 6) is 0. The lowest BCUT2D eigenvalue weighted by Gasteiger charge is -2.08. The molecule has 2 N–H and O–H groups in total. The second kappa shape index (κ2) is 6.86. The summed E-state index contributed by atoms with van der Waals surface area (Å²) >= 11 is 0. The van der Waals surface area contributed by atoms with E-state index in [1.165, 1.54) is 4.68 Å². The minimum Gasteiger partial charge on any atom is -0.392 e. The minimum absolute atomic E-state index is 0.0241. The number of nitrogens with zero attached hydrogens (tertiary/aromatic N) is 2. The predicted octanol–water partition coefficient (Wildman–Crippen LogP) is 1.61. The lowest BCUT2D eigenvalue weighted by Crippen LogP contribution is -2.23. The number of aliphatic hydroxyl groups is 1. The summed E-state index contributed by atoms with van der Waals surface area (Å²) in [5.41, 5.74) is 2.46. The Morgan fingerprint density at radius 3 is 2.55 bits per heavy atom. The number of hydrogen-bond donors (Lipinski definition) is 2. The molecule has 1 aromatic carbocycles. The molecule has 0 saturated heterocycles. The van der Waals surface area contributed by atoms with Gasteiger partial charge in [-0.2, -0.15) is 5.10 Å². The van der Waals surface area contributed by atoms with Gasteiger partial charge in [-0.05, 0) is 17.5 Å². The summed E-state index contributed by atoms with van der Waals surface area (Å²) in [4.78, 5) is 12.0. The van der Waals surface area contributed by atoms with Crippen LogP contribution in [-0.4, -0.2) is 21.4 Å². The molecular weight excluding hydrogens is 254 g/mol. The first-order valence-electron chi connectivity index (χ1n) is 6.72. The van der Waals surface area contributed by atoms with Crippen molar-refractivity contribution in [1.29, 1.82) is 0 Å². The zero-order valence-corrected chi connectivity index (χ0v) is 11.5. The van der Waals surface area contributed by atoms with Crippen LogP contribution in [0.3, 0.4) is 0 Å². The number of aliphatic hydroxyl groups excluding tert-OH is 1. The van der Waals surface area contributed by atoms with Gasteiger partial charge in [0.2, 0.25) is 0 Å². The van der Waals surface area contributed by atoms with Crippen molar-refractivity contribution in [1.82, 2.24) is 9.78 Å². The van der Waals surface area contributed by atoms with Gasteiger partial charge in [0.25, 0.3) is 5.56 Å². The Balaban J connectivity index is 2.10. The van der Waals surface area contributed by atoms with Gasteiger partial charge in [-0.1, -0.05) is 31.2 Å². The normalized spacial score (nSPS) is 10.5. The summed E-state index contributed by atoms with van der Waals surface area (Å²) in [6.07, 6.45) is 2.67. The summed E-state index contributed by atoms with van der Waals surface area (Å²) in [7, 11) is 0. The fraction of sp³-hybridized carbons (Fsp3) is 0.333. The Hall–Kier alpha value is -2.14. The highest BCUT2D eigenvalue weighted by Gasteiger charge is 2.01. The van der Waals surface area contributed by atoms with Crippen LogP contribution in [0.2, 0.25) is 0 Å². The van der Waals surface area contributed by atoms with E-state index < -0.39 is 0 Å². The fourth-order valence-corrected chi connectivity index (χ4v) is 1.84. The van der Waals surface area contributed by atoms with Crippen molar-refractivity contribution >= 4 is 5.69 Å². The van der Waals surface area contributed by atoms with Crippen molar-refractivity contribution in [3.8, 4) is 0 Å². The Labute approximate surface area is 117 Å². The van der Waals surface area contributed by atoms with Crippen molar-refractivity contribution in [2.45, 2.75) is 26.5 Å². The van der Waals surface area contributed by atoms with Crippen molar-refractivity contribution in [2.24, 2.45) is 0 Å². The molecule has 1 aromatic heterocycles. The Morgan fingerprint density at radius 2 is 1.95 bits per heavy atom. The Kier molecular flexibility index (Phi) is 4.90. The van der Waals surface area contributed by atoms with Gasteiger partial charge < -0.3 is 10.4 Å². The monoisotopic (exact) mass is 273 g/mol. The van der Waals surface area contributed by atoms with Gasteiger partial charge in [-0.25, -0.2) is 4.68 Å². The van der Waals surface area contributed by atoms with Crippen LogP contribution in [0.4, 0.5) is 5.69 Å². The van der Waals surface area contributed by atoms with Crippen molar-refractivity contribution in [3.05, 3.63) is 58.0 Å². The molecule has 20 heavy (non-hydrogen) atoms. The van der Waals surface area contributed by atoms with Gasteiger partial charge in [0.05, 0.1) is 25.0 Å². The first-order chi connectivity index (χ1) is 9.72. The molecule has 0 saturated carbocycles. The third-order valence-electron chi connectivity index (χ3n) is 2.99. The van der Waals surface area contributed by atoms with E-state index in [2.05, 4.69) is 17.3 Å². The van der Waals surface area contributed by atoms with Crippen LogP contribution in [0.1, 0.15) is 24.5 Å². The molecular formula is C15H19N3O2. The van der Waals surface area contributed by atoms with Gasteiger partial charge in [-0.15, -0.1) is 0 Å². The van der Waals surface area contributed by atoms with E-state index in [0.29, 0.717) is 6.54 Å². The standard InChI is InChI=1S/C15H19N3O2/c1-2-7-16-14-8-15(20)18(17-9-14)10-12-3-5-13(11-19)6-4-12/h3-6,8-9,16,19H,2,7,10-11H2,1H3. The highest BCUT2D eigenvalue weighted by Crippen LogP contribution is 2.06. The molecule has 2 aromatic rings. The van der Waals surface area contributed by atoms with Crippen LogP contribution in [0.5, 0.6) is 0 Å². The minimum atomic E-state index is -0.127. The second-order valence-corrected chi connectivity index (χ2v) is 4.64. The van der Waals surface area contributed by atoms with Crippen LogP contribution >= 0.6 is 0 Å². The van der Waals surface area contributed by atoms with Gasteiger partial charge in [0.15, 0.2) is 0 Å². The molecule has 0 aliphatic heterocycles. The molecule has 106 valence electrons. The number of benzene rings is 1. The van der Waals surface area contributed by atoms with Gasteiger partial charge in [0, 0.05) is 12.6 Å². The summed E-state index contributed by atoms with van der Waals surface area (Å²) in [6, 6.07) is 9.03. The van der Waals surface area contributed by atoms with Crippen molar-refractivity contribution in [2.75, 3.05) is 11.9 Å².